The first-order valence-corrected chi connectivity index (χ1v) is 3.89. The number of tetrazole rings is 1. The number of benzene rings is 1. The number of nitrogens with one attached hydrogen (secondary N) is 2. The van der Waals surface area contributed by atoms with Crippen LogP contribution in [0.2, 0.25) is 0 Å². The van der Waals surface area contributed by atoms with Crippen LogP contribution < -0.4 is 5.10 Å². The van der Waals surface area contributed by atoms with Gasteiger partial charge < -0.3 is 5.11 Å². The van der Waals surface area contributed by atoms with Crippen LogP contribution in [0.25, 0.3) is 11.4 Å². The maximum atomic E-state index is 8.82. The molecular formula is C8H9N4O+. The first kappa shape index (κ1) is 7.88. The van der Waals surface area contributed by atoms with Gasteiger partial charge in [-0.05, 0) is 17.7 Å². The third kappa shape index (κ3) is 1.54. The van der Waals surface area contributed by atoms with Gasteiger partial charge in [0.1, 0.15) is 5.10 Å². The molecule has 0 aliphatic carbocycles. The Morgan fingerprint density at radius 3 is 2.62 bits per heavy atom. The van der Waals surface area contributed by atoms with Crippen molar-refractivity contribution in [3.63, 3.8) is 0 Å². The zero-order valence-corrected chi connectivity index (χ0v) is 6.86. The van der Waals surface area contributed by atoms with Gasteiger partial charge in [0.15, 0.2) is 5.21 Å². The lowest BCUT2D eigenvalue weighted by Crippen LogP contribution is -2.05. The molecule has 0 saturated heterocycles. The van der Waals surface area contributed by atoms with Crippen molar-refractivity contribution in [2.75, 3.05) is 0 Å². The third-order valence-corrected chi connectivity index (χ3v) is 1.78. The van der Waals surface area contributed by atoms with Crippen molar-refractivity contribution in [1.82, 2.24) is 15.5 Å². The normalized spacial score (nSPS) is 10.2. The number of aliphatic hydroxyl groups excluding tert-OH is 1. The minimum atomic E-state index is 0.0583. The van der Waals surface area contributed by atoms with E-state index in [2.05, 4.69) is 20.6 Å². The van der Waals surface area contributed by atoms with Crippen LogP contribution >= 0.6 is 0 Å². The molecule has 2 aromatic rings. The summed E-state index contributed by atoms with van der Waals surface area (Å²) in [5.41, 5.74) is 1.82. The molecule has 0 aliphatic heterocycles. The van der Waals surface area contributed by atoms with Crippen LogP contribution in [0.5, 0.6) is 0 Å². The molecule has 0 unspecified atom stereocenters. The average molecular weight is 177 g/mol. The molecule has 0 radical (unpaired) electrons. The fourth-order valence-electron chi connectivity index (χ4n) is 1.08. The van der Waals surface area contributed by atoms with E-state index in [1.54, 1.807) is 0 Å². The van der Waals surface area contributed by atoms with Gasteiger partial charge in [-0.25, -0.2) is 0 Å². The maximum absolute atomic E-state index is 8.82. The Bertz CT molecular complexity index is 368. The number of nitrogens with zero attached hydrogens (tertiary/aromatic N) is 2. The van der Waals surface area contributed by atoms with E-state index in [1.165, 1.54) is 0 Å². The number of hydrogen-bond acceptors (Lipinski definition) is 3. The molecule has 1 aromatic heterocycles. The summed E-state index contributed by atoms with van der Waals surface area (Å²) in [6, 6.07) is 7.44. The molecule has 0 spiro atoms. The summed E-state index contributed by atoms with van der Waals surface area (Å²) in [6.45, 7) is 0.0583. The zero-order valence-electron chi connectivity index (χ0n) is 6.86. The highest BCUT2D eigenvalue weighted by Gasteiger charge is 2.07. The van der Waals surface area contributed by atoms with E-state index in [9.17, 15) is 0 Å². The third-order valence-electron chi connectivity index (χ3n) is 1.78. The Kier molecular flexibility index (Phi) is 2.01. The summed E-state index contributed by atoms with van der Waals surface area (Å²) < 4.78 is 0. The van der Waals surface area contributed by atoms with Crippen LogP contribution in [-0.4, -0.2) is 20.6 Å². The summed E-state index contributed by atoms with van der Waals surface area (Å²) in [4.78, 5) is 0. The standard InChI is InChI=1S/C8H8N4O/c13-5-6-1-3-7(4-2-6)8-9-11-12-10-8/h1-4,13H,5H2,(H,9,10,11,12)/p+1. The minimum Gasteiger partial charge on any atom is -0.392 e. The van der Waals surface area contributed by atoms with Gasteiger partial charge in [-0.1, -0.05) is 17.3 Å². The summed E-state index contributed by atoms with van der Waals surface area (Å²) in [6.07, 6.45) is 0. The topological polar surface area (TPSA) is 75.9 Å². The first-order chi connectivity index (χ1) is 6.40. The van der Waals surface area contributed by atoms with Crippen LogP contribution in [0.1, 0.15) is 5.56 Å². The van der Waals surface area contributed by atoms with Crippen LogP contribution in [0.4, 0.5) is 0 Å². The minimum absolute atomic E-state index is 0.0583. The fraction of sp³-hybridized carbons (Fsp3) is 0.125. The van der Waals surface area contributed by atoms with Gasteiger partial charge in [0.2, 0.25) is 0 Å². The second kappa shape index (κ2) is 3.32. The molecule has 2 rings (SSSR count). The molecule has 66 valence electrons. The van der Waals surface area contributed by atoms with E-state index < -0.39 is 0 Å². The van der Waals surface area contributed by atoms with Crippen molar-refractivity contribution in [2.24, 2.45) is 0 Å². The molecule has 13 heavy (non-hydrogen) atoms. The van der Waals surface area contributed by atoms with E-state index in [0.29, 0.717) is 5.82 Å². The summed E-state index contributed by atoms with van der Waals surface area (Å²) in [5.74, 6) is 0.685. The largest absolute Gasteiger partial charge is 0.392 e. The molecule has 0 bridgehead atoms. The van der Waals surface area contributed by atoms with Crippen molar-refractivity contribution < 1.29 is 10.2 Å². The molecule has 1 heterocycles. The van der Waals surface area contributed by atoms with Crippen molar-refractivity contribution in [3.05, 3.63) is 29.8 Å². The molecule has 0 aliphatic rings. The summed E-state index contributed by atoms with van der Waals surface area (Å²) >= 11 is 0. The predicted octanol–water partition coefficient (Wildman–Crippen LogP) is -0.222. The Morgan fingerprint density at radius 2 is 2.08 bits per heavy atom. The lowest BCUT2D eigenvalue weighted by Gasteiger charge is -1.94. The molecule has 0 saturated carbocycles. The molecule has 5 nitrogen and oxygen atoms in total. The van der Waals surface area contributed by atoms with E-state index in [4.69, 9.17) is 5.11 Å². The Balaban J connectivity index is 2.33. The predicted molar refractivity (Wildman–Crippen MR) is 44.3 cm³/mol. The summed E-state index contributed by atoms with van der Waals surface area (Å²) in [5, 5.41) is 21.5. The highest BCUT2D eigenvalue weighted by Crippen LogP contribution is 2.11. The lowest BCUT2D eigenvalue weighted by molar-refractivity contribution is -0.444. The second-order valence-corrected chi connectivity index (χ2v) is 2.64. The number of hydrogen-bond donors (Lipinski definition) is 2. The Morgan fingerprint density at radius 1 is 1.31 bits per heavy atom. The van der Waals surface area contributed by atoms with Gasteiger partial charge >= 0.3 is 5.82 Å². The molecule has 0 fully saturated rings. The van der Waals surface area contributed by atoms with Crippen molar-refractivity contribution in [2.45, 2.75) is 6.61 Å². The molecule has 0 amide bonds. The van der Waals surface area contributed by atoms with Gasteiger partial charge in [0.05, 0.1) is 12.2 Å². The van der Waals surface area contributed by atoms with Gasteiger partial charge in [0.25, 0.3) is 0 Å². The van der Waals surface area contributed by atoms with Crippen LogP contribution in [0.3, 0.4) is 0 Å². The molecule has 0 atom stereocenters. The molecule has 3 N–H and O–H groups in total. The van der Waals surface area contributed by atoms with Crippen molar-refractivity contribution >= 4 is 0 Å². The number of aromatic amines is 2. The Hall–Kier alpha value is -1.75. The van der Waals surface area contributed by atoms with Gasteiger partial charge in [0, 0.05) is 0 Å². The maximum Gasteiger partial charge on any atom is 0.329 e. The van der Waals surface area contributed by atoms with E-state index in [0.717, 1.165) is 11.1 Å². The number of aromatic nitrogens is 4. The lowest BCUT2D eigenvalue weighted by atomic mass is 10.1. The smallest absolute Gasteiger partial charge is 0.329 e. The number of aliphatic hydroxyl groups is 1. The quantitative estimate of drug-likeness (QED) is 0.665. The van der Waals surface area contributed by atoms with Crippen molar-refractivity contribution in [3.8, 4) is 11.4 Å². The fourth-order valence-corrected chi connectivity index (χ4v) is 1.08. The van der Waals surface area contributed by atoms with Gasteiger partial charge in [-0.15, -0.1) is 0 Å². The van der Waals surface area contributed by atoms with E-state index >= 15 is 0 Å². The highest BCUT2D eigenvalue weighted by molar-refractivity contribution is 5.51. The van der Waals surface area contributed by atoms with Crippen LogP contribution in [0.15, 0.2) is 24.3 Å². The number of H-pyrrole nitrogens is 2. The molecule has 1 aromatic carbocycles. The summed E-state index contributed by atoms with van der Waals surface area (Å²) in [7, 11) is 0. The van der Waals surface area contributed by atoms with E-state index in [-0.39, 0.29) is 6.61 Å². The average Bonchev–Trinajstić information content (AvgIpc) is 2.71. The highest BCUT2D eigenvalue weighted by atomic mass is 16.3. The second-order valence-electron chi connectivity index (χ2n) is 2.64. The molecule has 5 heteroatoms. The zero-order chi connectivity index (χ0) is 9.10. The van der Waals surface area contributed by atoms with E-state index in [1.807, 2.05) is 24.3 Å². The SMILES string of the molecule is OCc1ccc(-c2nn[nH][nH+]2)cc1. The number of rotatable bonds is 2. The van der Waals surface area contributed by atoms with Crippen LogP contribution in [0, 0.1) is 0 Å². The van der Waals surface area contributed by atoms with Gasteiger partial charge in [-0.2, -0.15) is 5.10 Å². The van der Waals surface area contributed by atoms with Crippen LogP contribution in [-0.2, 0) is 6.61 Å². The Labute approximate surface area is 74.4 Å². The molecular weight excluding hydrogens is 168 g/mol. The van der Waals surface area contributed by atoms with Crippen molar-refractivity contribution in [1.29, 1.82) is 0 Å². The first-order valence-electron chi connectivity index (χ1n) is 3.89. The van der Waals surface area contributed by atoms with Gasteiger partial charge in [-0.3, -0.25) is 0 Å². The monoisotopic (exact) mass is 177 g/mol.